The summed E-state index contributed by atoms with van der Waals surface area (Å²) in [6.07, 6.45) is 0.932. The number of rotatable bonds is 5. The first-order valence-corrected chi connectivity index (χ1v) is 10.9. The molecule has 5 rings (SSSR count). The van der Waals surface area contributed by atoms with Crippen molar-refractivity contribution < 1.29 is 14.3 Å². The van der Waals surface area contributed by atoms with Crippen LogP contribution in [0.4, 0.5) is 0 Å². The number of hydrogen-bond acceptors (Lipinski definition) is 3. The van der Waals surface area contributed by atoms with Crippen LogP contribution in [0, 0.1) is 5.92 Å². The van der Waals surface area contributed by atoms with Crippen molar-refractivity contribution >= 4 is 22.6 Å². The first-order chi connectivity index (χ1) is 15.2. The van der Waals surface area contributed by atoms with E-state index in [1.165, 1.54) is 5.56 Å². The van der Waals surface area contributed by atoms with Crippen molar-refractivity contribution in [3.63, 3.8) is 0 Å². The van der Waals surface area contributed by atoms with Crippen molar-refractivity contribution in [2.75, 3.05) is 32.8 Å². The number of amides is 2. The molecule has 3 aromatic carbocycles. The van der Waals surface area contributed by atoms with Crippen LogP contribution in [0.1, 0.15) is 17.9 Å². The molecule has 2 aliphatic rings. The number of piperazine rings is 1. The van der Waals surface area contributed by atoms with Gasteiger partial charge in [0.1, 0.15) is 5.75 Å². The van der Waals surface area contributed by atoms with E-state index < -0.39 is 0 Å². The Morgan fingerprint density at radius 3 is 2.26 bits per heavy atom. The fourth-order valence-corrected chi connectivity index (χ4v) is 4.44. The number of fused-ring (bicyclic) bond motifs is 1. The SMILES string of the molecule is O=C(COc1ccc2ccccc2c1)N1CCN(C(=O)C2CC2c2ccccc2)CC1. The lowest BCUT2D eigenvalue weighted by molar-refractivity contribution is -0.141. The molecular weight excluding hydrogens is 388 g/mol. The van der Waals surface area contributed by atoms with Gasteiger partial charge in [-0.25, -0.2) is 0 Å². The molecule has 1 saturated carbocycles. The van der Waals surface area contributed by atoms with E-state index in [1.54, 1.807) is 4.90 Å². The highest BCUT2D eigenvalue weighted by molar-refractivity contribution is 5.85. The number of carbonyl (C=O) groups excluding carboxylic acids is 2. The van der Waals surface area contributed by atoms with Gasteiger partial charge in [-0.05, 0) is 40.8 Å². The topological polar surface area (TPSA) is 49.9 Å². The van der Waals surface area contributed by atoms with E-state index in [2.05, 4.69) is 18.2 Å². The van der Waals surface area contributed by atoms with Crippen LogP contribution in [-0.2, 0) is 9.59 Å². The Labute approximate surface area is 182 Å². The van der Waals surface area contributed by atoms with Crippen molar-refractivity contribution in [3.05, 3.63) is 78.4 Å². The van der Waals surface area contributed by atoms with Crippen LogP contribution in [0.15, 0.2) is 72.8 Å². The molecule has 0 spiro atoms. The molecule has 3 aromatic rings. The lowest BCUT2D eigenvalue weighted by Gasteiger charge is -2.35. The summed E-state index contributed by atoms with van der Waals surface area (Å²) >= 11 is 0. The molecule has 1 aliphatic heterocycles. The molecule has 1 heterocycles. The van der Waals surface area contributed by atoms with E-state index in [0.29, 0.717) is 37.8 Å². The minimum atomic E-state index is -0.0335. The molecule has 2 unspecified atom stereocenters. The molecule has 0 aromatic heterocycles. The molecule has 0 bridgehead atoms. The monoisotopic (exact) mass is 414 g/mol. The van der Waals surface area contributed by atoms with Crippen molar-refractivity contribution in [3.8, 4) is 5.75 Å². The summed E-state index contributed by atoms with van der Waals surface area (Å²) in [6, 6.07) is 24.2. The zero-order valence-electron chi connectivity index (χ0n) is 17.4. The highest BCUT2D eigenvalue weighted by Gasteiger charge is 2.46. The molecule has 2 atom stereocenters. The molecule has 2 amide bonds. The molecule has 31 heavy (non-hydrogen) atoms. The third kappa shape index (κ3) is 4.26. The Kier molecular flexibility index (Phi) is 5.33. The van der Waals surface area contributed by atoms with Crippen LogP contribution in [0.5, 0.6) is 5.75 Å². The number of nitrogens with zero attached hydrogens (tertiary/aromatic N) is 2. The van der Waals surface area contributed by atoms with Crippen LogP contribution < -0.4 is 4.74 Å². The third-order valence-corrected chi connectivity index (χ3v) is 6.36. The van der Waals surface area contributed by atoms with Gasteiger partial charge in [0.05, 0.1) is 0 Å². The largest absolute Gasteiger partial charge is 0.484 e. The average Bonchev–Trinajstić information content (AvgIpc) is 3.64. The maximum absolute atomic E-state index is 12.8. The number of carbonyl (C=O) groups is 2. The molecule has 5 heteroatoms. The predicted molar refractivity (Wildman–Crippen MR) is 120 cm³/mol. The van der Waals surface area contributed by atoms with Crippen LogP contribution in [-0.4, -0.2) is 54.4 Å². The molecular formula is C26H26N2O3. The summed E-state index contributed by atoms with van der Waals surface area (Å²) in [5.41, 5.74) is 1.25. The summed E-state index contributed by atoms with van der Waals surface area (Å²) in [5, 5.41) is 2.24. The van der Waals surface area contributed by atoms with Gasteiger partial charge in [0, 0.05) is 32.1 Å². The minimum absolute atomic E-state index is 0.0188. The van der Waals surface area contributed by atoms with Crippen molar-refractivity contribution in [1.29, 1.82) is 0 Å². The van der Waals surface area contributed by atoms with Gasteiger partial charge in [0.15, 0.2) is 6.61 Å². The maximum atomic E-state index is 12.8. The zero-order valence-corrected chi connectivity index (χ0v) is 17.4. The summed E-state index contributed by atoms with van der Waals surface area (Å²) in [7, 11) is 0. The summed E-state index contributed by atoms with van der Waals surface area (Å²) < 4.78 is 5.74. The standard InChI is InChI=1S/C26H26N2O3/c29-25(18-31-22-11-10-19-6-4-5-9-21(19)16-22)27-12-14-28(15-13-27)26(30)24-17-23(24)20-7-2-1-3-8-20/h1-11,16,23-24H,12-15,17-18H2. The summed E-state index contributed by atoms with van der Waals surface area (Å²) in [5.74, 6) is 1.34. The Bertz CT molecular complexity index is 1090. The molecule has 1 saturated heterocycles. The number of benzene rings is 3. The van der Waals surface area contributed by atoms with E-state index in [0.717, 1.165) is 17.2 Å². The van der Waals surface area contributed by atoms with E-state index in [1.807, 2.05) is 59.5 Å². The van der Waals surface area contributed by atoms with E-state index in [4.69, 9.17) is 4.74 Å². The number of hydrogen-bond donors (Lipinski definition) is 0. The van der Waals surface area contributed by atoms with Gasteiger partial charge in [-0.15, -0.1) is 0 Å². The predicted octanol–water partition coefficient (Wildman–Crippen LogP) is 3.69. The van der Waals surface area contributed by atoms with Gasteiger partial charge >= 0.3 is 0 Å². The lowest BCUT2D eigenvalue weighted by atomic mass is 10.1. The Morgan fingerprint density at radius 2 is 1.48 bits per heavy atom. The van der Waals surface area contributed by atoms with Crippen molar-refractivity contribution in [2.24, 2.45) is 5.92 Å². The highest BCUT2D eigenvalue weighted by atomic mass is 16.5. The Hall–Kier alpha value is -3.34. The molecule has 5 nitrogen and oxygen atoms in total. The normalized spacial score (nSPS) is 20.5. The second-order valence-electron chi connectivity index (χ2n) is 8.36. The smallest absolute Gasteiger partial charge is 0.260 e. The molecule has 0 radical (unpaired) electrons. The van der Waals surface area contributed by atoms with Gasteiger partial charge in [-0.3, -0.25) is 9.59 Å². The van der Waals surface area contributed by atoms with E-state index in [9.17, 15) is 9.59 Å². The summed E-state index contributed by atoms with van der Waals surface area (Å²) in [6.45, 7) is 2.34. The van der Waals surface area contributed by atoms with Gasteiger partial charge in [0.2, 0.25) is 5.91 Å². The van der Waals surface area contributed by atoms with Crippen LogP contribution in [0.3, 0.4) is 0 Å². The highest BCUT2D eigenvalue weighted by Crippen LogP contribution is 2.48. The van der Waals surface area contributed by atoms with Crippen LogP contribution in [0.2, 0.25) is 0 Å². The maximum Gasteiger partial charge on any atom is 0.260 e. The molecule has 2 fully saturated rings. The minimum Gasteiger partial charge on any atom is -0.484 e. The van der Waals surface area contributed by atoms with Gasteiger partial charge in [-0.1, -0.05) is 60.7 Å². The second-order valence-corrected chi connectivity index (χ2v) is 8.36. The van der Waals surface area contributed by atoms with Crippen LogP contribution >= 0.6 is 0 Å². The van der Waals surface area contributed by atoms with Gasteiger partial charge in [-0.2, -0.15) is 0 Å². The second kappa shape index (κ2) is 8.42. The fraction of sp³-hybridized carbons (Fsp3) is 0.308. The third-order valence-electron chi connectivity index (χ3n) is 6.36. The first kappa shape index (κ1) is 19.6. The quantitative estimate of drug-likeness (QED) is 0.640. The average molecular weight is 415 g/mol. The van der Waals surface area contributed by atoms with E-state index in [-0.39, 0.29) is 24.3 Å². The van der Waals surface area contributed by atoms with Crippen molar-refractivity contribution in [1.82, 2.24) is 9.80 Å². The lowest BCUT2D eigenvalue weighted by Crippen LogP contribution is -2.52. The van der Waals surface area contributed by atoms with Crippen molar-refractivity contribution in [2.45, 2.75) is 12.3 Å². The zero-order chi connectivity index (χ0) is 21.2. The Balaban J connectivity index is 1.10. The molecule has 1 aliphatic carbocycles. The van der Waals surface area contributed by atoms with Gasteiger partial charge < -0.3 is 14.5 Å². The fourth-order valence-electron chi connectivity index (χ4n) is 4.44. The number of ether oxygens (including phenoxy) is 1. The van der Waals surface area contributed by atoms with E-state index >= 15 is 0 Å². The first-order valence-electron chi connectivity index (χ1n) is 10.9. The Morgan fingerprint density at radius 1 is 0.806 bits per heavy atom. The molecule has 158 valence electrons. The van der Waals surface area contributed by atoms with Gasteiger partial charge in [0.25, 0.3) is 5.91 Å². The summed E-state index contributed by atoms with van der Waals surface area (Å²) in [4.78, 5) is 29.1. The van der Waals surface area contributed by atoms with Crippen LogP contribution in [0.25, 0.3) is 10.8 Å². The molecule has 0 N–H and O–H groups in total.